The van der Waals surface area contributed by atoms with Crippen molar-refractivity contribution in [3.05, 3.63) is 41.5 Å². The smallest absolute Gasteiger partial charge is 0.312 e. The summed E-state index contributed by atoms with van der Waals surface area (Å²) < 4.78 is 32.1. The first-order valence-corrected chi connectivity index (χ1v) is 9.82. The Kier molecular flexibility index (Phi) is 7.12. The maximum atomic E-state index is 12.5. The fourth-order valence-electron chi connectivity index (χ4n) is 3.95. The zero-order chi connectivity index (χ0) is 22.5. The number of aliphatic hydroxyl groups is 1. The third-order valence-electron chi connectivity index (χ3n) is 5.53. The molecule has 0 unspecified atom stereocenters. The highest BCUT2D eigenvalue weighted by atomic mass is 16.5. The van der Waals surface area contributed by atoms with E-state index >= 15 is 0 Å². The first-order valence-electron chi connectivity index (χ1n) is 9.82. The lowest BCUT2D eigenvalue weighted by Gasteiger charge is -2.23. The molecule has 0 radical (unpaired) electrons. The zero-order valence-electron chi connectivity index (χ0n) is 18.3. The molecule has 1 aliphatic rings. The van der Waals surface area contributed by atoms with Gasteiger partial charge in [0.15, 0.2) is 23.0 Å². The molecule has 8 nitrogen and oxygen atoms in total. The number of ether oxygens (including phenoxy) is 6. The number of aliphatic hydroxyl groups excluding tert-OH is 1. The number of benzene rings is 2. The molecule has 0 bridgehead atoms. The van der Waals surface area contributed by atoms with Crippen molar-refractivity contribution in [3.63, 3.8) is 0 Å². The Labute approximate surface area is 181 Å². The Morgan fingerprint density at radius 1 is 0.903 bits per heavy atom. The van der Waals surface area contributed by atoms with Crippen LogP contribution in [0, 0.1) is 11.8 Å². The fraction of sp³-hybridized carbons (Fsp3) is 0.435. The topological polar surface area (TPSA) is 92.7 Å². The highest BCUT2D eigenvalue weighted by molar-refractivity contribution is 5.76. The summed E-state index contributed by atoms with van der Waals surface area (Å²) in [6.45, 7) is 0.213. The number of methoxy groups -OCH3 is 5. The summed E-state index contributed by atoms with van der Waals surface area (Å²) >= 11 is 0. The molecule has 2 aromatic carbocycles. The summed E-state index contributed by atoms with van der Waals surface area (Å²) in [5.41, 5.74) is 1.43. The summed E-state index contributed by atoms with van der Waals surface area (Å²) in [5, 5.41) is 11.0. The predicted octanol–water partition coefficient (Wildman–Crippen LogP) is 2.79. The van der Waals surface area contributed by atoms with Crippen molar-refractivity contribution in [1.29, 1.82) is 0 Å². The minimum atomic E-state index is -1.05. The van der Waals surface area contributed by atoms with Crippen LogP contribution in [0.3, 0.4) is 0 Å². The molecule has 8 heteroatoms. The first-order chi connectivity index (χ1) is 15.0. The van der Waals surface area contributed by atoms with Crippen molar-refractivity contribution < 1.29 is 38.3 Å². The van der Waals surface area contributed by atoms with Crippen LogP contribution in [-0.4, -0.2) is 53.2 Å². The summed E-state index contributed by atoms with van der Waals surface area (Å²) in [4.78, 5) is 12.5. The van der Waals surface area contributed by atoms with E-state index < -0.39 is 18.0 Å². The summed E-state index contributed by atoms with van der Waals surface area (Å²) in [5.74, 6) is 1.18. The lowest BCUT2D eigenvalue weighted by Crippen LogP contribution is -2.25. The van der Waals surface area contributed by atoms with E-state index in [-0.39, 0.29) is 12.5 Å². The molecule has 1 fully saturated rings. The van der Waals surface area contributed by atoms with Gasteiger partial charge in [0.25, 0.3) is 0 Å². The average Bonchev–Trinajstić information content (AvgIpc) is 3.16. The van der Waals surface area contributed by atoms with E-state index in [4.69, 9.17) is 28.4 Å². The number of esters is 1. The third-order valence-corrected chi connectivity index (χ3v) is 5.53. The Hall–Kier alpha value is -3.13. The van der Waals surface area contributed by atoms with Crippen LogP contribution in [0.15, 0.2) is 30.3 Å². The normalized spacial score (nSPS) is 18.8. The van der Waals surface area contributed by atoms with Crippen molar-refractivity contribution in [3.8, 4) is 28.7 Å². The van der Waals surface area contributed by atoms with E-state index in [0.717, 1.165) is 5.56 Å². The van der Waals surface area contributed by atoms with Gasteiger partial charge in [-0.05, 0) is 41.8 Å². The van der Waals surface area contributed by atoms with Gasteiger partial charge in [0.2, 0.25) is 5.75 Å². The van der Waals surface area contributed by atoms with Crippen LogP contribution in [0.4, 0.5) is 0 Å². The van der Waals surface area contributed by atoms with Gasteiger partial charge in [-0.1, -0.05) is 6.07 Å². The van der Waals surface area contributed by atoms with Crippen molar-refractivity contribution in [2.75, 3.05) is 42.2 Å². The summed E-state index contributed by atoms with van der Waals surface area (Å²) in [6.07, 6.45) is -0.570. The monoisotopic (exact) mass is 432 g/mol. The van der Waals surface area contributed by atoms with Crippen LogP contribution in [0.1, 0.15) is 17.2 Å². The van der Waals surface area contributed by atoms with Crippen molar-refractivity contribution in [1.82, 2.24) is 0 Å². The standard InChI is InChI=1S/C23H28O8/c1-26-16-7-6-14(11-17(16)27-2)21(24)20-15(12-31-23(20)25)8-13-9-18(28-3)22(30-5)19(10-13)29-4/h6-7,9-11,15,20-21,24H,8,12H2,1-5H3/t15-,20-,21+/m1/s1. The highest BCUT2D eigenvalue weighted by Crippen LogP contribution is 2.42. The van der Waals surface area contributed by atoms with Crippen molar-refractivity contribution >= 4 is 5.97 Å². The molecular weight excluding hydrogens is 404 g/mol. The molecule has 0 saturated carbocycles. The van der Waals surface area contributed by atoms with Crippen LogP contribution in [-0.2, 0) is 16.0 Å². The molecule has 31 heavy (non-hydrogen) atoms. The van der Waals surface area contributed by atoms with E-state index in [0.29, 0.717) is 40.7 Å². The van der Waals surface area contributed by atoms with E-state index in [1.165, 1.54) is 14.2 Å². The van der Waals surface area contributed by atoms with Gasteiger partial charge in [0.05, 0.1) is 54.2 Å². The molecule has 0 amide bonds. The average molecular weight is 432 g/mol. The van der Waals surface area contributed by atoms with Crippen LogP contribution < -0.4 is 23.7 Å². The molecule has 1 aliphatic heterocycles. The molecule has 0 aliphatic carbocycles. The maximum Gasteiger partial charge on any atom is 0.312 e. The molecule has 0 spiro atoms. The second kappa shape index (κ2) is 9.78. The largest absolute Gasteiger partial charge is 0.493 e. The minimum Gasteiger partial charge on any atom is -0.493 e. The number of rotatable bonds is 9. The molecule has 2 aromatic rings. The highest BCUT2D eigenvalue weighted by Gasteiger charge is 2.42. The van der Waals surface area contributed by atoms with Gasteiger partial charge < -0.3 is 33.5 Å². The maximum absolute atomic E-state index is 12.5. The van der Waals surface area contributed by atoms with Crippen molar-refractivity contribution in [2.45, 2.75) is 12.5 Å². The SMILES string of the molecule is COc1ccc([C@H](O)[C@@H]2C(=O)OC[C@H]2Cc2cc(OC)c(OC)c(OC)c2)cc1OC. The van der Waals surface area contributed by atoms with Gasteiger partial charge >= 0.3 is 5.97 Å². The van der Waals surface area contributed by atoms with Crippen LogP contribution >= 0.6 is 0 Å². The van der Waals surface area contributed by atoms with Crippen LogP contribution in [0.25, 0.3) is 0 Å². The Bertz CT molecular complexity index is 901. The summed E-state index contributed by atoms with van der Waals surface area (Å²) in [7, 11) is 7.69. The fourth-order valence-corrected chi connectivity index (χ4v) is 3.95. The summed E-state index contributed by atoms with van der Waals surface area (Å²) in [6, 6.07) is 8.76. The Morgan fingerprint density at radius 2 is 1.52 bits per heavy atom. The molecule has 1 saturated heterocycles. The van der Waals surface area contributed by atoms with E-state index in [1.807, 2.05) is 12.1 Å². The van der Waals surface area contributed by atoms with Crippen LogP contribution in [0.2, 0.25) is 0 Å². The lowest BCUT2D eigenvalue weighted by atomic mass is 9.83. The quantitative estimate of drug-likeness (QED) is 0.605. The molecule has 0 aromatic heterocycles. The molecule has 3 rings (SSSR count). The van der Waals surface area contributed by atoms with Gasteiger partial charge in [-0.25, -0.2) is 0 Å². The molecular formula is C23H28O8. The second-order valence-electron chi connectivity index (χ2n) is 7.21. The van der Waals surface area contributed by atoms with E-state index in [9.17, 15) is 9.90 Å². The van der Waals surface area contributed by atoms with Gasteiger partial charge in [0, 0.05) is 5.92 Å². The molecule has 168 valence electrons. The van der Waals surface area contributed by atoms with Gasteiger partial charge in [-0.3, -0.25) is 4.79 Å². The molecule has 3 atom stereocenters. The number of hydrogen-bond acceptors (Lipinski definition) is 8. The van der Waals surface area contributed by atoms with E-state index in [2.05, 4.69) is 0 Å². The predicted molar refractivity (Wildman–Crippen MR) is 112 cm³/mol. The van der Waals surface area contributed by atoms with Gasteiger partial charge in [-0.15, -0.1) is 0 Å². The minimum absolute atomic E-state index is 0.213. The first kappa shape index (κ1) is 22.6. The van der Waals surface area contributed by atoms with Crippen molar-refractivity contribution in [2.24, 2.45) is 11.8 Å². The molecule has 1 heterocycles. The number of carbonyl (C=O) groups excluding carboxylic acids is 1. The van der Waals surface area contributed by atoms with Gasteiger partial charge in [-0.2, -0.15) is 0 Å². The Morgan fingerprint density at radius 3 is 2.06 bits per heavy atom. The van der Waals surface area contributed by atoms with Gasteiger partial charge in [0.1, 0.15) is 0 Å². The Balaban J connectivity index is 1.88. The number of carbonyl (C=O) groups is 1. The molecule has 1 N–H and O–H groups in total. The van der Waals surface area contributed by atoms with Crippen LogP contribution in [0.5, 0.6) is 28.7 Å². The van der Waals surface area contributed by atoms with E-state index in [1.54, 1.807) is 39.5 Å². The number of cyclic esters (lactones) is 1. The second-order valence-corrected chi connectivity index (χ2v) is 7.21. The third kappa shape index (κ3) is 4.49. The number of hydrogen-bond donors (Lipinski definition) is 1. The lowest BCUT2D eigenvalue weighted by molar-refractivity contribution is -0.144. The zero-order valence-corrected chi connectivity index (χ0v) is 18.3.